The van der Waals surface area contributed by atoms with Crippen LogP contribution in [0.3, 0.4) is 0 Å². The topological polar surface area (TPSA) is 115 Å². The number of nitrogen functional groups attached to an aromatic ring is 1. The van der Waals surface area contributed by atoms with E-state index in [1.165, 1.54) is 12.4 Å². The second-order valence-electron chi connectivity index (χ2n) is 7.82. The van der Waals surface area contributed by atoms with E-state index < -0.39 is 0 Å². The molecule has 5 rings (SSSR count). The van der Waals surface area contributed by atoms with E-state index in [1.807, 2.05) is 31.3 Å². The number of hydrogen-bond donors (Lipinski definition) is 2. The van der Waals surface area contributed by atoms with Gasteiger partial charge in [0.05, 0.1) is 17.0 Å². The Morgan fingerprint density at radius 1 is 1.39 bits per heavy atom. The van der Waals surface area contributed by atoms with Crippen LogP contribution in [0.15, 0.2) is 47.8 Å². The molecule has 0 radical (unpaired) electrons. The Hall–Kier alpha value is -4.32. The van der Waals surface area contributed by atoms with Gasteiger partial charge in [0.1, 0.15) is 23.3 Å². The van der Waals surface area contributed by atoms with Gasteiger partial charge in [0.15, 0.2) is 5.58 Å². The van der Waals surface area contributed by atoms with E-state index in [-0.39, 0.29) is 11.9 Å². The third kappa shape index (κ3) is 3.76. The van der Waals surface area contributed by atoms with Crippen LogP contribution in [-0.4, -0.2) is 50.0 Å². The van der Waals surface area contributed by atoms with Crippen LogP contribution in [0, 0.1) is 11.8 Å². The number of amides is 1. The molecule has 1 fully saturated rings. The van der Waals surface area contributed by atoms with Crippen LogP contribution < -0.4 is 11.1 Å². The third-order valence-corrected chi connectivity index (χ3v) is 5.74. The first kappa shape index (κ1) is 20.6. The molecule has 9 nitrogen and oxygen atoms in total. The number of hydrogen-bond acceptors (Lipinski definition) is 7. The maximum atomic E-state index is 12.0. The first-order valence-electron chi connectivity index (χ1n) is 10.8. The number of aromatic nitrogens is 4. The lowest BCUT2D eigenvalue weighted by atomic mass is 10.2. The summed E-state index contributed by atoms with van der Waals surface area (Å²) < 4.78 is 7.71. The number of rotatable bonds is 4. The fraction of sp³-hybridized carbons (Fsp3) is 0.250. The molecule has 1 amide bonds. The van der Waals surface area contributed by atoms with E-state index in [0.29, 0.717) is 36.2 Å². The van der Waals surface area contributed by atoms with Crippen molar-refractivity contribution in [3.63, 3.8) is 0 Å². The van der Waals surface area contributed by atoms with E-state index in [2.05, 4.69) is 43.3 Å². The number of carbonyl (C=O) groups is 1. The monoisotopic (exact) mass is 441 g/mol. The van der Waals surface area contributed by atoms with Gasteiger partial charge in [-0.05, 0) is 37.6 Å². The minimum Gasteiger partial charge on any atom is -0.424 e. The lowest BCUT2D eigenvalue weighted by molar-refractivity contribution is -0.125. The predicted molar refractivity (Wildman–Crippen MR) is 127 cm³/mol. The molecule has 4 aromatic rings. The highest BCUT2D eigenvalue weighted by Crippen LogP contribution is 2.30. The van der Waals surface area contributed by atoms with Crippen LogP contribution in [0.5, 0.6) is 0 Å². The van der Waals surface area contributed by atoms with E-state index in [9.17, 15) is 4.79 Å². The summed E-state index contributed by atoms with van der Waals surface area (Å²) in [6.45, 7) is 7.55. The zero-order valence-electron chi connectivity index (χ0n) is 18.2. The van der Waals surface area contributed by atoms with Crippen molar-refractivity contribution < 1.29 is 9.21 Å². The molecule has 4 heterocycles. The summed E-state index contributed by atoms with van der Waals surface area (Å²) in [4.78, 5) is 26.9. The Labute approximate surface area is 190 Å². The van der Waals surface area contributed by atoms with E-state index in [0.717, 1.165) is 35.0 Å². The quantitative estimate of drug-likeness (QED) is 0.370. The summed E-state index contributed by atoms with van der Waals surface area (Å²) >= 11 is 0. The number of nitrogens with zero attached hydrogens (tertiary/aromatic N) is 5. The molecule has 0 spiro atoms. The minimum atomic E-state index is -0.0661. The van der Waals surface area contributed by atoms with Gasteiger partial charge in [0.25, 0.3) is 6.01 Å². The Balaban J connectivity index is 1.51. The van der Waals surface area contributed by atoms with Crippen molar-refractivity contribution in [3.8, 4) is 11.8 Å². The van der Waals surface area contributed by atoms with E-state index >= 15 is 0 Å². The molecule has 1 aliphatic rings. The molecule has 1 atom stereocenters. The second kappa shape index (κ2) is 8.31. The van der Waals surface area contributed by atoms with Crippen molar-refractivity contribution in [2.45, 2.75) is 19.4 Å². The SMILES string of the molecule is C=CC(=O)N1CC[C@H](n2cc(C#Cc3ccc4oc(NCC)nc4c3)c3c(N)ncnc32)C1. The molecule has 1 saturated heterocycles. The first-order valence-corrected chi connectivity index (χ1v) is 10.8. The molecule has 0 bridgehead atoms. The lowest BCUT2D eigenvalue weighted by Crippen LogP contribution is -2.27. The van der Waals surface area contributed by atoms with Crippen LogP contribution in [0.4, 0.5) is 11.8 Å². The lowest BCUT2D eigenvalue weighted by Gasteiger charge is -2.15. The van der Waals surface area contributed by atoms with Gasteiger partial charge in [-0.15, -0.1) is 0 Å². The maximum Gasteiger partial charge on any atom is 0.295 e. The summed E-state index contributed by atoms with van der Waals surface area (Å²) in [6, 6.07) is 6.22. The molecular weight excluding hydrogens is 418 g/mol. The number of anilines is 2. The molecule has 0 saturated carbocycles. The van der Waals surface area contributed by atoms with Crippen molar-refractivity contribution in [1.29, 1.82) is 0 Å². The van der Waals surface area contributed by atoms with E-state index in [1.54, 1.807) is 4.90 Å². The van der Waals surface area contributed by atoms with Crippen LogP contribution >= 0.6 is 0 Å². The van der Waals surface area contributed by atoms with Crippen molar-refractivity contribution >= 4 is 39.9 Å². The van der Waals surface area contributed by atoms with Crippen LogP contribution in [-0.2, 0) is 4.79 Å². The molecule has 166 valence electrons. The number of benzene rings is 1. The summed E-state index contributed by atoms with van der Waals surface area (Å²) in [5, 5.41) is 3.79. The van der Waals surface area contributed by atoms with Crippen molar-refractivity contribution in [3.05, 3.63) is 54.5 Å². The first-order chi connectivity index (χ1) is 16.1. The largest absolute Gasteiger partial charge is 0.424 e. The van der Waals surface area contributed by atoms with Gasteiger partial charge >= 0.3 is 0 Å². The van der Waals surface area contributed by atoms with Gasteiger partial charge in [-0.2, -0.15) is 4.98 Å². The highest BCUT2D eigenvalue weighted by molar-refractivity contribution is 5.92. The van der Waals surface area contributed by atoms with Crippen molar-refractivity contribution in [2.24, 2.45) is 0 Å². The van der Waals surface area contributed by atoms with Gasteiger partial charge < -0.3 is 24.9 Å². The Morgan fingerprint density at radius 2 is 2.27 bits per heavy atom. The highest BCUT2D eigenvalue weighted by atomic mass is 16.4. The number of fused-ring (bicyclic) bond motifs is 2. The Bertz CT molecular complexity index is 1440. The maximum absolute atomic E-state index is 12.0. The molecule has 3 aromatic heterocycles. The smallest absolute Gasteiger partial charge is 0.295 e. The van der Waals surface area contributed by atoms with Gasteiger partial charge in [-0.25, -0.2) is 9.97 Å². The number of oxazole rings is 1. The average Bonchev–Trinajstić information content (AvgIpc) is 3.54. The number of carbonyl (C=O) groups excluding carboxylic acids is 1. The second-order valence-corrected chi connectivity index (χ2v) is 7.82. The molecule has 3 N–H and O–H groups in total. The highest BCUT2D eigenvalue weighted by Gasteiger charge is 2.28. The molecule has 1 aromatic carbocycles. The van der Waals surface area contributed by atoms with E-state index in [4.69, 9.17) is 10.2 Å². The number of nitrogens with two attached hydrogens (primary N) is 1. The summed E-state index contributed by atoms with van der Waals surface area (Å²) in [5.41, 5.74) is 9.90. The number of likely N-dealkylation sites (tertiary alicyclic amines) is 1. The molecule has 0 unspecified atom stereocenters. The minimum absolute atomic E-state index is 0.0661. The van der Waals surface area contributed by atoms with Crippen molar-refractivity contribution in [1.82, 2.24) is 24.4 Å². The van der Waals surface area contributed by atoms with Crippen molar-refractivity contribution in [2.75, 3.05) is 30.7 Å². The Morgan fingerprint density at radius 3 is 3.09 bits per heavy atom. The standard InChI is InChI=1S/C24H23N7O2/c1-3-20(32)30-10-9-17(13-30)31-12-16(21-22(25)27-14-28-23(21)31)7-5-15-6-8-19-18(11-15)29-24(33-19)26-4-2/h3,6,8,11-12,14,17H,1,4,9-10,13H2,2H3,(H,26,29)(H2,25,27,28)/t17-/m0/s1. The third-order valence-electron chi connectivity index (χ3n) is 5.74. The van der Waals surface area contributed by atoms with Crippen LogP contribution in [0.2, 0.25) is 0 Å². The van der Waals surface area contributed by atoms with Crippen LogP contribution in [0.1, 0.15) is 30.5 Å². The van der Waals surface area contributed by atoms with Gasteiger partial charge in [-0.3, -0.25) is 4.79 Å². The van der Waals surface area contributed by atoms with Gasteiger partial charge in [0, 0.05) is 31.4 Å². The zero-order chi connectivity index (χ0) is 22.9. The fourth-order valence-corrected chi connectivity index (χ4v) is 4.15. The summed E-state index contributed by atoms with van der Waals surface area (Å²) in [6.07, 6.45) is 5.57. The fourth-order valence-electron chi connectivity index (χ4n) is 4.15. The molecule has 1 aliphatic heterocycles. The van der Waals surface area contributed by atoms with Gasteiger partial charge in [-0.1, -0.05) is 18.4 Å². The summed E-state index contributed by atoms with van der Waals surface area (Å²) in [7, 11) is 0. The molecule has 9 heteroatoms. The predicted octanol–water partition coefficient (Wildman–Crippen LogP) is 2.95. The normalized spacial score (nSPS) is 15.5. The zero-order valence-corrected chi connectivity index (χ0v) is 18.2. The summed E-state index contributed by atoms with van der Waals surface area (Å²) in [5.74, 6) is 6.74. The average molecular weight is 441 g/mol. The number of nitrogens with one attached hydrogen (secondary N) is 1. The van der Waals surface area contributed by atoms with Gasteiger partial charge in [0.2, 0.25) is 5.91 Å². The Kier molecular flexibility index (Phi) is 5.18. The van der Waals surface area contributed by atoms with Crippen LogP contribution in [0.25, 0.3) is 22.1 Å². The molecule has 33 heavy (non-hydrogen) atoms. The molecular formula is C24H23N7O2. The molecule has 0 aliphatic carbocycles.